The summed E-state index contributed by atoms with van der Waals surface area (Å²) in [4.78, 5) is 16.6. The van der Waals surface area contributed by atoms with Gasteiger partial charge in [-0.1, -0.05) is 6.07 Å². The van der Waals surface area contributed by atoms with Gasteiger partial charge in [0.05, 0.1) is 23.4 Å². The maximum atomic E-state index is 12.3. The molecule has 3 rings (SSSR count). The van der Waals surface area contributed by atoms with Crippen molar-refractivity contribution >= 4 is 23.3 Å². The van der Waals surface area contributed by atoms with Crippen molar-refractivity contribution in [3.05, 3.63) is 41.0 Å². The average molecular weight is 304 g/mol. The molecule has 4 N–H and O–H groups in total. The predicted octanol–water partition coefficient (Wildman–Crippen LogP) is 1.36. The second kappa shape index (κ2) is 5.79. The second-order valence-corrected chi connectivity index (χ2v) is 5.83. The van der Waals surface area contributed by atoms with E-state index in [1.165, 1.54) is 0 Å². The topological polar surface area (TPSA) is 101 Å². The van der Waals surface area contributed by atoms with Gasteiger partial charge in [-0.25, -0.2) is 0 Å². The van der Waals surface area contributed by atoms with Gasteiger partial charge in [0.15, 0.2) is 0 Å². The van der Waals surface area contributed by atoms with Crippen LogP contribution in [0.25, 0.3) is 0 Å². The number of anilines is 1. The summed E-state index contributed by atoms with van der Waals surface area (Å²) in [6.45, 7) is 0. The van der Waals surface area contributed by atoms with Gasteiger partial charge >= 0.3 is 0 Å². The first-order valence-electron chi connectivity index (χ1n) is 6.75. The van der Waals surface area contributed by atoms with E-state index in [2.05, 4.69) is 14.7 Å². The lowest BCUT2D eigenvalue weighted by Gasteiger charge is -2.37. The van der Waals surface area contributed by atoms with Crippen LogP contribution in [0.2, 0.25) is 0 Å². The van der Waals surface area contributed by atoms with Crippen molar-refractivity contribution in [1.82, 2.24) is 14.7 Å². The molecular weight excluding hydrogens is 288 g/mol. The monoisotopic (exact) mass is 304 g/mol. The molecule has 0 aliphatic heterocycles. The smallest absolute Gasteiger partial charge is 0.256 e. The summed E-state index contributed by atoms with van der Waals surface area (Å²) < 4.78 is 3.91. The summed E-state index contributed by atoms with van der Waals surface area (Å²) >= 11 is 1.15. The number of carbonyl (C=O) groups is 1. The summed E-state index contributed by atoms with van der Waals surface area (Å²) in [7, 11) is 0. The Morgan fingerprint density at radius 3 is 2.86 bits per heavy atom. The zero-order valence-electron chi connectivity index (χ0n) is 11.3. The Bertz CT molecular complexity index is 625. The summed E-state index contributed by atoms with van der Waals surface area (Å²) in [6.07, 6.45) is 2.74. The molecule has 0 bridgehead atoms. The molecule has 2 aromatic heterocycles. The first-order valence-corrected chi connectivity index (χ1v) is 7.58. The van der Waals surface area contributed by atoms with E-state index in [-0.39, 0.29) is 29.8 Å². The summed E-state index contributed by atoms with van der Waals surface area (Å²) in [6, 6.07) is 5.38. The fourth-order valence-electron chi connectivity index (χ4n) is 2.53. The van der Waals surface area contributed by atoms with Crippen molar-refractivity contribution in [2.75, 3.05) is 5.73 Å². The van der Waals surface area contributed by atoms with Crippen LogP contribution in [-0.4, -0.2) is 26.5 Å². The number of hydrogen-bond acceptors (Lipinski definition) is 6. The highest BCUT2D eigenvalue weighted by Crippen LogP contribution is 2.37. The van der Waals surface area contributed by atoms with E-state index in [0.717, 1.165) is 17.2 Å². The Balaban J connectivity index is 1.80. The quantitative estimate of drug-likeness (QED) is 0.792. The highest BCUT2D eigenvalue weighted by atomic mass is 32.1. The van der Waals surface area contributed by atoms with Crippen LogP contribution in [0.5, 0.6) is 0 Å². The average Bonchev–Trinajstić information content (AvgIpc) is 2.89. The van der Waals surface area contributed by atoms with Crippen molar-refractivity contribution in [3.63, 3.8) is 0 Å². The zero-order valence-corrected chi connectivity index (χ0v) is 12.1. The highest BCUT2D eigenvalue weighted by molar-refractivity contribution is 7.04. The summed E-state index contributed by atoms with van der Waals surface area (Å²) in [5.74, 6) is 0.177. The number of rotatable bonds is 4. The van der Waals surface area contributed by atoms with Gasteiger partial charge in [-0.05, 0) is 42.4 Å². The predicted molar refractivity (Wildman–Crippen MR) is 79.7 cm³/mol. The van der Waals surface area contributed by atoms with Crippen molar-refractivity contribution in [2.45, 2.75) is 25.0 Å². The van der Waals surface area contributed by atoms with Crippen molar-refractivity contribution < 1.29 is 9.90 Å². The molecular formula is C14H16N4O2S. The molecule has 0 aromatic carbocycles. The van der Waals surface area contributed by atoms with Crippen LogP contribution in [-0.2, 0) is 0 Å². The Hall–Kier alpha value is -1.99. The maximum absolute atomic E-state index is 12.3. The SMILES string of the molecule is Nc1nscc1C(=O)NC(c1ccccn1)C1CC(O)C1. The van der Waals surface area contributed by atoms with E-state index in [0.29, 0.717) is 18.4 Å². The molecule has 2 aromatic rings. The summed E-state index contributed by atoms with van der Waals surface area (Å²) in [5, 5.41) is 14.1. The van der Waals surface area contributed by atoms with E-state index < -0.39 is 0 Å². The molecule has 7 heteroatoms. The van der Waals surface area contributed by atoms with Crippen LogP contribution >= 0.6 is 11.5 Å². The third-order valence-corrected chi connectivity index (χ3v) is 4.40. The Morgan fingerprint density at radius 1 is 1.48 bits per heavy atom. The van der Waals surface area contributed by atoms with Gasteiger partial charge in [-0.3, -0.25) is 9.78 Å². The molecule has 0 spiro atoms. The normalized spacial score (nSPS) is 22.3. The third kappa shape index (κ3) is 2.88. The molecule has 0 saturated heterocycles. The molecule has 1 aliphatic rings. The fourth-order valence-corrected chi connectivity index (χ4v) is 3.13. The highest BCUT2D eigenvalue weighted by Gasteiger charge is 2.36. The number of hydrogen-bond donors (Lipinski definition) is 3. The number of nitrogens with one attached hydrogen (secondary N) is 1. The lowest BCUT2D eigenvalue weighted by atomic mass is 9.76. The molecule has 21 heavy (non-hydrogen) atoms. The number of nitrogen functional groups attached to an aromatic ring is 1. The number of aliphatic hydroxyl groups excluding tert-OH is 1. The largest absolute Gasteiger partial charge is 0.393 e. The number of nitrogens with two attached hydrogens (primary N) is 1. The third-order valence-electron chi connectivity index (χ3n) is 3.76. The zero-order chi connectivity index (χ0) is 14.8. The lowest BCUT2D eigenvalue weighted by Crippen LogP contribution is -2.41. The molecule has 6 nitrogen and oxygen atoms in total. The van der Waals surface area contributed by atoms with Crippen molar-refractivity contribution in [2.24, 2.45) is 5.92 Å². The van der Waals surface area contributed by atoms with Gasteiger partial charge in [0.2, 0.25) is 0 Å². The number of amides is 1. The van der Waals surface area contributed by atoms with E-state index >= 15 is 0 Å². The number of pyridine rings is 1. The Morgan fingerprint density at radius 2 is 2.29 bits per heavy atom. The van der Waals surface area contributed by atoms with Crippen LogP contribution < -0.4 is 11.1 Å². The summed E-state index contributed by atoms with van der Waals surface area (Å²) in [5.41, 5.74) is 6.87. The lowest BCUT2D eigenvalue weighted by molar-refractivity contribution is 0.0228. The van der Waals surface area contributed by atoms with E-state index in [1.54, 1.807) is 11.6 Å². The number of nitrogens with zero attached hydrogens (tertiary/aromatic N) is 2. The first kappa shape index (κ1) is 14.0. The molecule has 110 valence electrons. The van der Waals surface area contributed by atoms with Crippen molar-refractivity contribution in [3.8, 4) is 0 Å². The van der Waals surface area contributed by atoms with Crippen LogP contribution in [0.1, 0.15) is 34.9 Å². The maximum Gasteiger partial charge on any atom is 0.256 e. The minimum absolute atomic E-state index is 0.187. The molecule has 1 atom stereocenters. The van der Waals surface area contributed by atoms with Crippen molar-refractivity contribution in [1.29, 1.82) is 0 Å². The Kier molecular flexibility index (Phi) is 3.85. The van der Waals surface area contributed by atoms with Crippen LogP contribution in [0.3, 0.4) is 0 Å². The van der Waals surface area contributed by atoms with Gasteiger partial charge in [-0.2, -0.15) is 4.37 Å². The van der Waals surface area contributed by atoms with Gasteiger partial charge in [0.1, 0.15) is 5.82 Å². The van der Waals surface area contributed by atoms with Crippen LogP contribution in [0.4, 0.5) is 5.82 Å². The molecule has 0 radical (unpaired) electrons. The van der Waals surface area contributed by atoms with E-state index in [4.69, 9.17) is 5.73 Å². The fraction of sp³-hybridized carbons (Fsp3) is 0.357. The van der Waals surface area contributed by atoms with Crippen LogP contribution in [0, 0.1) is 5.92 Å². The second-order valence-electron chi connectivity index (χ2n) is 5.20. The number of aliphatic hydroxyl groups is 1. The molecule has 1 fully saturated rings. The van der Waals surface area contributed by atoms with Gasteiger partial charge in [0, 0.05) is 11.6 Å². The van der Waals surface area contributed by atoms with E-state index in [1.807, 2.05) is 18.2 Å². The molecule has 1 amide bonds. The molecule has 1 unspecified atom stereocenters. The Labute approximate surface area is 126 Å². The van der Waals surface area contributed by atoms with E-state index in [9.17, 15) is 9.90 Å². The van der Waals surface area contributed by atoms with Gasteiger partial charge in [0.25, 0.3) is 5.91 Å². The van der Waals surface area contributed by atoms with Gasteiger partial charge in [-0.15, -0.1) is 0 Å². The number of aromatic nitrogens is 2. The molecule has 2 heterocycles. The molecule has 1 saturated carbocycles. The minimum atomic E-state index is -0.286. The standard InChI is InChI=1S/C14H16N4O2S/c15-13-10(7-21-18-13)14(20)17-12(8-5-9(19)6-8)11-3-1-2-4-16-11/h1-4,7-9,12,19H,5-6H2,(H2,15,18)(H,17,20). The molecule has 1 aliphatic carbocycles. The minimum Gasteiger partial charge on any atom is -0.393 e. The van der Waals surface area contributed by atoms with Crippen LogP contribution in [0.15, 0.2) is 29.8 Å². The first-order chi connectivity index (χ1) is 10.1. The van der Waals surface area contributed by atoms with Gasteiger partial charge < -0.3 is 16.2 Å². The number of carbonyl (C=O) groups excluding carboxylic acids is 1.